The van der Waals surface area contributed by atoms with Crippen LogP contribution >= 0.6 is 0 Å². The van der Waals surface area contributed by atoms with Crippen LogP contribution in [0.4, 0.5) is 0 Å². The molecule has 6 heteroatoms. The topological polar surface area (TPSA) is 110 Å². The summed E-state index contributed by atoms with van der Waals surface area (Å²) in [7, 11) is 0. The van der Waals surface area contributed by atoms with Crippen LogP contribution in [0.1, 0.15) is 46.5 Å². The van der Waals surface area contributed by atoms with Gasteiger partial charge >= 0.3 is 0 Å². The number of fused-ring (bicyclic) bond motifs is 1. The largest absolute Gasteiger partial charge is 0.390 e. The number of hydrogen-bond donors (Lipinski definition) is 5. The predicted octanol–water partition coefficient (Wildman–Crippen LogP) is 0.622. The van der Waals surface area contributed by atoms with Crippen molar-refractivity contribution in [3.63, 3.8) is 0 Å². The van der Waals surface area contributed by atoms with Gasteiger partial charge in [-0.05, 0) is 30.3 Å². The van der Waals surface area contributed by atoms with Crippen LogP contribution in [-0.2, 0) is 4.74 Å². The first kappa shape index (κ1) is 18.6. The molecular formula is C20H30O6. The van der Waals surface area contributed by atoms with E-state index in [0.717, 1.165) is 0 Å². The second-order valence-corrected chi connectivity index (χ2v) is 9.71. The number of aliphatic hydroxyl groups is 5. The summed E-state index contributed by atoms with van der Waals surface area (Å²) in [5.74, 6) is -2.24. The third-order valence-electron chi connectivity index (χ3n) is 8.04. The van der Waals surface area contributed by atoms with E-state index in [-0.39, 0.29) is 18.6 Å². The van der Waals surface area contributed by atoms with E-state index >= 15 is 0 Å². The van der Waals surface area contributed by atoms with Crippen molar-refractivity contribution in [2.45, 2.75) is 75.7 Å². The Kier molecular flexibility index (Phi) is 3.43. The van der Waals surface area contributed by atoms with E-state index in [9.17, 15) is 25.5 Å². The summed E-state index contributed by atoms with van der Waals surface area (Å²) in [5.41, 5.74) is -6.43. The Balaban J connectivity index is 2.06. The molecule has 1 aliphatic heterocycles. The van der Waals surface area contributed by atoms with Gasteiger partial charge in [-0.15, -0.1) is 6.58 Å². The number of aliphatic hydroxyl groups excluding tert-OH is 2. The Labute approximate surface area is 153 Å². The summed E-state index contributed by atoms with van der Waals surface area (Å²) in [6.07, 6.45) is 2.38. The smallest absolute Gasteiger partial charge is 0.227 e. The molecule has 26 heavy (non-hydrogen) atoms. The number of hydrogen-bond acceptors (Lipinski definition) is 6. The van der Waals surface area contributed by atoms with Crippen molar-refractivity contribution >= 4 is 0 Å². The maximum absolute atomic E-state index is 11.9. The van der Waals surface area contributed by atoms with E-state index in [2.05, 4.69) is 6.58 Å². The van der Waals surface area contributed by atoms with Crippen molar-refractivity contribution in [2.75, 3.05) is 6.61 Å². The highest BCUT2D eigenvalue weighted by Gasteiger charge is 2.87. The van der Waals surface area contributed by atoms with Crippen LogP contribution in [-0.4, -0.2) is 61.3 Å². The summed E-state index contributed by atoms with van der Waals surface area (Å²) in [4.78, 5) is 0. The van der Waals surface area contributed by atoms with Gasteiger partial charge in [0.2, 0.25) is 5.79 Å². The maximum atomic E-state index is 11.9. The summed E-state index contributed by atoms with van der Waals surface area (Å²) in [5, 5.41) is 57.3. The van der Waals surface area contributed by atoms with Crippen LogP contribution in [0.5, 0.6) is 0 Å². The molecule has 0 spiro atoms. The Morgan fingerprint density at radius 2 is 1.81 bits per heavy atom. The number of ether oxygens (including phenoxy) is 1. The first-order chi connectivity index (χ1) is 11.9. The predicted molar refractivity (Wildman–Crippen MR) is 93.9 cm³/mol. The van der Waals surface area contributed by atoms with Crippen LogP contribution in [0.2, 0.25) is 0 Å². The highest BCUT2D eigenvalue weighted by molar-refractivity contribution is 5.47. The third kappa shape index (κ3) is 1.58. The molecule has 4 aliphatic rings. The highest BCUT2D eigenvalue weighted by Crippen LogP contribution is 2.73. The van der Waals surface area contributed by atoms with Gasteiger partial charge in [0.15, 0.2) is 0 Å². The first-order valence-corrected chi connectivity index (χ1v) is 9.39. The van der Waals surface area contributed by atoms with Gasteiger partial charge in [0.05, 0.1) is 18.1 Å². The molecule has 0 radical (unpaired) electrons. The molecule has 5 N–H and O–H groups in total. The second kappa shape index (κ2) is 4.80. The lowest BCUT2D eigenvalue weighted by Crippen LogP contribution is -2.83. The molecule has 7 atom stereocenters. The summed E-state index contributed by atoms with van der Waals surface area (Å²) >= 11 is 0. The molecule has 0 amide bonds. The second-order valence-electron chi connectivity index (χ2n) is 9.71. The van der Waals surface area contributed by atoms with E-state index in [1.165, 1.54) is 0 Å². The monoisotopic (exact) mass is 366 g/mol. The van der Waals surface area contributed by atoms with Crippen molar-refractivity contribution in [2.24, 2.45) is 16.2 Å². The van der Waals surface area contributed by atoms with Gasteiger partial charge in [-0.2, -0.15) is 0 Å². The average molecular weight is 366 g/mol. The van der Waals surface area contributed by atoms with E-state index in [1.54, 1.807) is 12.2 Å². The molecule has 0 aromatic rings. The molecule has 6 nitrogen and oxygen atoms in total. The normalized spacial score (nSPS) is 57.8. The van der Waals surface area contributed by atoms with E-state index in [4.69, 9.17) is 4.74 Å². The number of rotatable bonds is 1. The van der Waals surface area contributed by atoms with Crippen molar-refractivity contribution in [3.05, 3.63) is 24.3 Å². The van der Waals surface area contributed by atoms with Crippen molar-refractivity contribution in [1.29, 1.82) is 0 Å². The molecular weight excluding hydrogens is 336 g/mol. The molecule has 1 heterocycles. The molecule has 1 saturated heterocycles. The van der Waals surface area contributed by atoms with Crippen LogP contribution in [0.3, 0.4) is 0 Å². The lowest BCUT2D eigenvalue weighted by molar-refractivity contribution is -0.372. The maximum Gasteiger partial charge on any atom is 0.227 e. The van der Waals surface area contributed by atoms with Gasteiger partial charge in [0.1, 0.15) is 17.3 Å². The van der Waals surface area contributed by atoms with Gasteiger partial charge in [-0.3, -0.25) is 0 Å². The van der Waals surface area contributed by atoms with Crippen LogP contribution in [0.25, 0.3) is 0 Å². The molecule has 0 aromatic heterocycles. The molecule has 3 fully saturated rings. The Hall–Kier alpha value is -0.760. The highest BCUT2D eigenvalue weighted by atomic mass is 16.7. The lowest BCUT2D eigenvalue weighted by atomic mass is 9.39. The molecule has 146 valence electrons. The molecule has 0 aromatic carbocycles. The Bertz CT molecular complexity index is 702. The fourth-order valence-electron chi connectivity index (χ4n) is 6.55. The molecule has 2 bridgehead atoms. The fraction of sp³-hybridized carbons (Fsp3) is 0.800. The molecule has 4 rings (SSSR count). The van der Waals surface area contributed by atoms with Gasteiger partial charge in [-0.25, -0.2) is 0 Å². The molecule has 3 aliphatic carbocycles. The standard InChI is InChI=1S/C20H30O6/c1-5-16(4)9-12-14(22)19(24)20(25)15(2,3)7-6-8-17(20,11-26-19)18(12,23)13(21)10-16/h5,9,13-14,21-25H,1,6-8,10-11H2,2-4H3/t13-,14?,16-,17+,18+,19+,20-/m1/s1. The third-order valence-corrected chi connectivity index (χ3v) is 8.04. The average Bonchev–Trinajstić information content (AvgIpc) is 2.79. The fourth-order valence-corrected chi connectivity index (χ4v) is 6.55. The first-order valence-electron chi connectivity index (χ1n) is 9.39. The van der Waals surface area contributed by atoms with Gasteiger partial charge < -0.3 is 30.3 Å². The summed E-state index contributed by atoms with van der Waals surface area (Å²) in [6, 6.07) is 0. The van der Waals surface area contributed by atoms with Gasteiger partial charge in [-0.1, -0.05) is 39.3 Å². The van der Waals surface area contributed by atoms with Gasteiger partial charge in [0, 0.05) is 5.41 Å². The molecule has 1 unspecified atom stereocenters. The van der Waals surface area contributed by atoms with Crippen LogP contribution in [0.15, 0.2) is 24.3 Å². The zero-order valence-corrected chi connectivity index (χ0v) is 15.7. The molecule has 2 saturated carbocycles. The lowest BCUT2D eigenvalue weighted by Gasteiger charge is -2.68. The Morgan fingerprint density at radius 3 is 2.42 bits per heavy atom. The Morgan fingerprint density at radius 1 is 1.15 bits per heavy atom. The SMILES string of the molecule is C=C[C@]1(C)C=C2C(O)[C@]3(O)OC[C@@]4(CCCC(C)(C)[C@@]43O)[C@@]2(O)[C@H](O)C1. The quantitative estimate of drug-likeness (QED) is 0.435. The van der Waals surface area contributed by atoms with E-state index < -0.39 is 45.4 Å². The zero-order valence-electron chi connectivity index (χ0n) is 15.7. The minimum absolute atomic E-state index is 0.126. The zero-order chi connectivity index (χ0) is 19.4. The minimum atomic E-state index is -2.24. The minimum Gasteiger partial charge on any atom is -0.390 e. The summed E-state index contributed by atoms with van der Waals surface area (Å²) < 4.78 is 5.68. The van der Waals surface area contributed by atoms with Crippen molar-refractivity contribution < 1.29 is 30.3 Å². The number of allylic oxidation sites excluding steroid dienone is 2. The van der Waals surface area contributed by atoms with Gasteiger partial charge in [0.25, 0.3) is 0 Å². The summed E-state index contributed by atoms with van der Waals surface area (Å²) in [6.45, 7) is 9.15. The van der Waals surface area contributed by atoms with Crippen molar-refractivity contribution in [3.8, 4) is 0 Å². The van der Waals surface area contributed by atoms with E-state index in [1.807, 2.05) is 20.8 Å². The van der Waals surface area contributed by atoms with Crippen LogP contribution < -0.4 is 0 Å². The van der Waals surface area contributed by atoms with Crippen molar-refractivity contribution in [1.82, 2.24) is 0 Å². The van der Waals surface area contributed by atoms with Crippen LogP contribution in [0, 0.1) is 16.2 Å². The van der Waals surface area contributed by atoms with E-state index in [0.29, 0.717) is 19.3 Å².